The summed E-state index contributed by atoms with van der Waals surface area (Å²) in [5.74, 6) is -1.94. The summed E-state index contributed by atoms with van der Waals surface area (Å²) >= 11 is 2.92. The van der Waals surface area contributed by atoms with Gasteiger partial charge in [0.1, 0.15) is 4.83 Å². The summed E-state index contributed by atoms with van der Waals surface area (Å²) in [6, 6.07) is 2.56. The molecule has 0 aliphatic rings. The Morgan fingerprint density at radius 1 is 1.17 bits per heavy atom. The fourth-order valence-electron chi connectivity index (χ4n) is 1.42. The maximum Gasteiger partial charge on any atom is 0.336 e. The van der Waals surface area contributed by atoms with Crippen molar-refractivity contribution in [1.82, 2.24) is 0 Å². The van der Waals surface area contributed by atoms with Crippen LogP contribution in [0.3, 0.4) is 0 Å². The number of methoxy groups -OCH3 is 2. The fourth-order valence-corrected chi connectivity index (χ4v) is 1.80. The first-order valence-corrected chi connectivity index (χ1v) is 5.70. The van der Waals surface area contributed by atoms with Crippen molar-refractivity contribution in [3.05, 3.63) is 23.3 Å². The van der Waals surface area contributed by atoms with Crippen LogP contribution in [0.2, 0.25) is 0 Å². The molecule has 7 heteroatoms. The molecule has 0 heterocycles. The molecule has 6 nitrogen and oxygen atoms in total. The first-order valence-electron chi connectivity index (χ1n) is 4.78. The van der Waals surface area contributed by atoms with Crippen LogP contribution in [0.15, 0.2) is 12.1 Å². The Bertz CT molecular complexity index is 485. The van der Waals surface area contributed by atoms with Gasteiger partial charge in [-0.3, -0.25) is 4.79 Å². The largest absolute Gasteiger partial charge is 0.493 e. The van der Waals surface area contributed by atoms with Crippen LogP contribution < -0.4 is 9.47 Å². The van der Waals surface area contributed by atoms with Crippen molar-refractivity contribution < 1.29 is 29.3 Å². The number of hydrogen-bond acceptors (Lipinski definition) is 4. The number of aliphatic carboxylic acids is 1. The molecule has 0 fully saturated rings. The number of alkyl halides is 1. The molecule has 1 atom stereocenters. The number of halogens is 1. The second kappa shape index (κ2) is 5.72. The molecule has 1 unspecified atom stereocenters. The molecule has 0 aliphatic carbocycles. The Balaban J connectivity index is 3.47. The van der Waals surface area contributed by atoms with E-state index in [1.165, 1.54) is 26.4 Å². The van der Waals surface area contributed by atoms with Crippen LogP contribution in [-0.4, -0.2) is 36.4 Å². The van der Waals surface area contributed by atoms with Gasteiger partial charge in [0, 0.05) is 0 Å². The Labute approximate surface area is 111 Å². The minimum Gasteiger partial charge on any atom is -0.493 e. The van der Waals surface area contributed by atoms with Gasteiger partial charge in [0.05, 0.1) is 19.8 Å². The highest BCUT2D eigenvalue weighted by Crippen LogP contribution is 2.36. The second-order valence-corrected chi connectivity index (χ2v) is 4.22. The minimum absolute atomic E-state index is 0.0904. The fraction of sp³-hybridized carbons (Fsp3) is 0.273. The number of rotatable bonds is 5. The predicted octanol–water partition coefficient (Wildman–Crippen LogP) is 1.92. The molecular formula is C11H11BrO6. The smallest absolute Gasteiger partial charge is 0.336 e. The number of benzene rings is 1. The Morgan fingerprint density at radius 2 is 1.67 bits per heavy atom. The van der Waals surface area contributed by atoms with Crippen molar-refractivity contribution in [3.63, 3.8) is 0 Å². The van der Waals surface area contributed by atoms with Crippen LogP contribution in [0.25, 0.3) is 0 Å². The summed E-state index contributed by atoms with van der Waals surface area (Å²) < 4.78 is 9.98. The van der Waals surface area contributed by atoms with E-state index in [4.69, 9.17) is 19.7 Å². The highest BCUT2D eigenvalue weighted by molar-refractivity contribution is 9.09. The highest BCUT2D eigenvalue weighted by Gasteiger charge is 2.25. The van der Waals surface area contributed by atoms with E-state index < -0.39 is 16.8 Å². The van der Waals surface area contributed by atoms with Crippen LogP contribution in [0, 0.1) is 0 Å². The van der Waals surface area contributed by atoms with Crippen molar-refractivity contribution in [2.75, 3.05) is 14.2 Å². The van der Waals surface area contributed by atoms with E-state index in [1.807, 2.05) is 0 Å². The third-order valence-corrected chi connectivity index (χ3v) is 3.16. The summed E-state index contributed by atoms with van der Waals surface area (Å²) in [4.78, 5) is 20.9. The number of carboxylic acids is 2. The zero-order valence-corrected chi connectivity index (χ0v) is 11.2. The molecule has 1 aromatic carbocycles. The van der Waals surface area contributed by atoms with E-state index in [-0.39, 0.29) is 22.6 Å². The molecule has 1 rings (SSSR count). The van der Waals surface area contributed by atoms with E-state index in [0.717, 1.165) is 0 Å². The molecule has 0 aliphatic heterocycles. The minimum atomic E-state index is -1.24. The molecule has 0 saturated carbocycles. The molecule has 1 aromatic rings. The van der Waals surface area contributed by atoms with Gasteiger partial charge in [-0.25, -0.2) is 4.79 Å². The Hall–Kier alpha value is -1.76. The summed E-state index contributed by atoms with van der Waals surface area (Å²) in [6.07, 6.45) is 0. The average Bonchev–Trinajstić information content (AvgIpc) is 2.35. The van der Waals surface area contributed by atoms with Gasteiger partial charge in [0.25, 0.3) is 0 Å². The summed E-state index contributed by atoms with van der Waals surface area (Å²) in [6.45, 7) is 0. The van der Waals surface area contributed by atoms with Gasteiger partial charge in [-0.1, -0.05) is 15.9 Å². The molecular weight excluding hydrogens is 308 g/mol. The zero-order valence-electron chi connectivity index (χ0n) is 9.64. The van der Waals surface area contributed by atoms with Crippen molar-refractivity contribution >= 4 is 27.9 Å². The predicted molar refractivity (Wildman–Crippen MR) is 65.8 cm³/mol. The summed E-state index contributed by atoms with van der Waals surface area (Å²) in [7, 11) is 2.75. The van der Waals surface area contributed by atoms with Crippen molar-refractivity contribution in [3.8, 4) is 11.5 Å². The lowest BCUT2D eigenvalue weighted by Gasteiger charge is -2.14. The highest BCUT2D eigenvalue weighted by atomic mass is 79.9. The van der Waals surface area contributed by atoms with E-state index in [0.29, 0.717) is 0 Å². The summed E-state index contributed by atoms with van der Waals surface area (Å²) in [5, 5.41) is 18.0. The lowest BCUT2D eigenvalue weighted by molar-refractivity contribution is -0.136. The van der Waals surface area contributed by atoms with Crippen LogP contribution in [0.4, 0.5) is 0 Å². The molecule has 0 saturated heterocycles. The van der Waals surface area contributed by atoms with Crippen molar-refractivity contribution in [2.24, 2.45) is 0 Å². The number of ether oxygens (including phenoxy) is 2. The monoisotopic (exact) mass is 318 g/mol. The first-order chi connectivity index (χ1) is 8.42. The third-order valence-electron chi connectivity index (χ3n) is 2.28. The maximum atomic E-state index is 11.1. The molecule has 98 valence electrons. The van der Waals surface area contributed by atoms with E-state index in [1.54, 1.807) is 0 Å². The number of aromatic carboxylic acids is 1. The molecule has 0 radical (unpaired) electrons. The van der Waals surface area contributed by atoms with Gasteiger partial charge in [0.15, 0.2) is 11.5 Å². The average molecular weight is 319 g/mol. The molecule has 18 heavy (non-hydrogen) atoms. The zero-order chi connectivity index (χ0) is 13.9. The Morgan fingerprint density at radius 3 is 2.06 bits per heavy atom. The lowest BCUT2D eigenvalue weighted by Crippen LogP contribution is -2.11. The SMILES string of the molecule is COc1cc(C(=O)O)c(C(Br)C(=O)O)cc1OC. The van der Waals surface area contributed by atoms with Crippen LogP contribution in [0.5, 0.6) is 11.5 Å². The normalized spacial score (nSPS) is 11.7. The topological polar surface area (TPSA) is 93.1 Å². The first kappa shape index (κ1) is 14.3. The molecule has 2 N–H and O–H groups in total. The van der Waals surface area contributed by atoms with Crippen LogP contribution >= 0.6 is 15.9 Å². The molecule has 0 spiro atoms. The second-order valence-electron chi connectivity index (χ2n) is 3.30. The van der Waals surface area contributed by atoms with E-state index in [9.17, 15) is 9.59 Å². The van der Waals surface area contributed by atoms with Crippen molar-refractivity contribution in [2.45, 2.75) is 4.83 Å². The molecule has 0 amide bonds. The lowest BCUT2D eigenvalue weighted by atomic mass is 10.0. The van der Waals surface area contributed by atoms with Gasteiger partial charge in [0.2, 0.25) is 0 Å². The number of carbonyl (C=O) groups is 2. The number of hydrogen-bond donors (Lipinski definition) is 2. The van der Waals surface area contributed by atoms with Gasteiger partial charge >= 0.3 is 11.9 Å². The quantitative estimate of drug-likeness (QED) is 0.806. The van der Waals surface area contributed by atoms with Crippen LogP contribution in [0.1, 0.15) is 20.7 Å². The standard InChI is InChI=1S/C11H11BrO6/c1-17-7-3-5(9(12)11(15)16)6(10(13)14)4-8(7)18-2/h3-4,9H,1-2H3,(H,13,14)(H,15,16). The van der Waals surface area contributed by atoms with Crippen LogP contribution in [-0.2, 0) is 4.79 Å². The van der Waals surface area contributed by atoms with Gasteiger partial charge in [-0.05, 0) is 17.7 Å². The van der Waals surface area contributed by atoms with E-state index >= 15 is 0 Å². The van der Waals surface area contributed by atoms with Gasteiger partial charge < -0.3 is 19.7 Å². The van der Waals surface area contributed by atoms with Gasteiger partial charge in [-0.2, -0.15) is 0 Å². The maximum absolute atomic E-state index is 11.1. The number of carboxylic acid groups (broad SMARTS) is 2. The Kier molecular flexibility index (Phi) is 4.55. The summed E-state index contributed by atoms with van der Waals surface area (Å²) in [5.41, 5.74) is -0.0652. The van der Waals surface area contributed by atoms with Gasteiger partial charge in [-0.15, -0.1) is 0 Å². The van der Waals surface area contributed by atoms with Crippen molar-refractivity contribution in [1.29, 1.82) is 0 Å². The van der Waals surface area contributed by atoms with E-state index in [2.05, 4.69) is 15.9 Å². The third kappa shape index (κ3) is 2.73. The molecule has 0 bridgehead atoms. The molecule has 0 aromatic heterocycles.